The van der Waals surface area contributed by atoms with E-state index in [-0.39, 0.29) is 17.7 Å². The zero-order valence-electron chi connectivity index (χ0n) is 9.50. The van der Waals surface area contributed by atoms with Crippen LogP contribution in [-0.4, -0.2) is 4.98 Å². The molecule has 90 valence electrons. The van der Waals surface area contributed by atoms with Crippen LogP contribution < -0.4 is 5.73 Å². The van der Waals surface area contributed by atoms with Crippen molar-refractivity contribution in [2.75, 3.05) is 5.73 Å². The molecule has 1 heterocycles. The van der Waals surface area contributed by atoms with E-state index in [1.54, 1.807) is 12.1 Å². The van der Waals surface area contributed by atoms with Crippen LogP contribution in [0.2, 0.25) is 0 Å². The lowest BCUT2D eigenvalue weighted by molar-refractivity contribution is 0.500. The first-order chi connectivity index (χ1) is 7.99. The molecule has 0 saturated carbocycles. The van der Waals surface area contributed by atoms with Crippen molar-refractivity contribution in [3.63, 3.8) is 0 Å². The highest BCUT2D eigenvalue weighted by atomic mass is 79.9. The van der Waals surface area contributed by atoms with Gasteiger partial charge in [-0.2, -0.15) is 4.98 Å². The van der Waals surface area contributed by atoms with E-state index < -0.39 is 0 Å². The van der Waals surface area contributed by atoms with Gasteiger partial charge >= 0.3 is 0 Å². The predicted molar refractivity (Wildman–Crippen MR) is 68.1 cm³/mol. The third-order valence-corrected chi connectivity index (χ3v) is 2.87. The third kappa shape index (κ3) is 2.34. The van der Waals surface area contributed by atoms with Gasteiger partial charge in [0.05, 0.1) is 0 Å². The average molecular weight is 299 g/mol. The molecule has 0 unspecified atom stereocenters. The summed E-state index contributed by atoms with van der Waals surface area (Å²) in [4.78, 5) is 4.05. The van der Waals surface area contributed by atoms with Crippen LogP contribution >= 0.6 is 15.9 Å². The van der Waals surface area contributed by atoms with Crippen molar-refractivity contribution in [2.45, 2.75) is 19.8 Å². The van der Waals surface area contributed by atoms with Gasteiger partial charge < -0.3 is 10.2 Å². The monoisotopic (exact) mass is 298 g/mol. The largest absolute Gasteiger partial charge is 0.428 e. The Morgan fingerprint density at radius 1 is 1.41 bits per heavy atom. The molecule has 0 spiro atoms. The van der Waals surface area contributed by atoms with E-state index in [4.69, 9.17) is 10.2 Å². The van der Waals surface area contributed by atoms with Crippen LogP contribution in [0.3, 0.4) is 0 Å². The Bertz CT molecular complexity index is 551. The first kappa shape index (κ1) is 12.1. The van der Waals surface area contributed by atoms with E-state index in [9.17, 15) is 4.39 Å². The molecule has 1 aromatic carbocycles. The Kier molecular flexibility index (Phi) is 3.19. The fourth-order valence-corrected chi connectivity index (χ4v) is 1.97. The highest BCUT2D eigenvalue weighted by Gasteiger charge is 2.19. The number of benzene rings is 1. The van der Waals surface area contributed by atoms with Crippen LogP contribution in [0, 0.1) is 5.82 Å². The quantitative estimate of drug-likeness (QED) is 0.913. The van der Waals surface area contributed by atoms with Crippen molar-refractivity contribution < 1.29 is 8.81 Å². The van der Waals surface area contributed by atoms with E-state index in [0.717, 1.165) is 4.47 Å². The number of hydrogen-bond acceptors (Lipinski definition) is 3. The van der Waals surface area contributed by atoms with Crippen molar-refractivity contribution in [2.24, 2.45) is 0 Å². The van der Waals surface area contributed by atoms with Crippen LogP contribution in [0.4, 0.5) is 10.4 Å². The van der Waals surface area contributed by atoms with Gasteiger partial charge in [0.1, 0.15) is 17.3 Å². The molecule has 1 aromatic heterocycles. The molecule has 2 N–H and O–H groups in total. The van der Waals surface area contributed by atoms with Gasteiger partial charge in [-0.15, -0.1) is 0 Å². The summed E-state index contributed by atoms with van der Waals surface area (Å²) >= 11 is 3.31. The molecule has 0 bridgehead atoms. The standard InChI is InChI=1S/C12H12BrFN2O/c1-6(2)11-10(16-12(15)17-11)8-5-7(13)3-4-9(8)14/h3-6H,1-2H3,(H2,15,16). The second-order valence-corrected chi connectivity index (χ2v) is 4.96. The van der Waals surface area contributed by atoms with Gasteiger partial charge in [0, 0.05) is 16.0 Å². The smallest absolute Gasteiger partial charge is 0.292 e. The minimum Gasteiger partial charge on any atom is -0.428 e. The summed E-state index contributed by atoms with van der Waals surface area (Å²) in [5.74, 6) is 0.344. The summed E-state index contributed by atoms with van der Waals surface area (Å²) in [6.45, 7) is 3.89. The Balaban J connectivity index is 2.63. The topological polar surface area (TPSA) is 52.0 Å². The number of nitrogen functional groups attached to an aromatic ring is 1. The van der Waals surface area contributed by atoms with E-state index >= 15 is 0 Å². The third-order valence-electron chi connectivity index (χ3n) is 2.38. The Labute approximate surface area is 107 Å². The summed E-state index contributed by atoms with van der Waals surface area (Å²) < 4.78 is 19.9. The fraction of sp³-hybridized carbons (Fsp3) is 0.250. The maximum absolute atomic E-state index is 13.8. The number of anilines is 1. The Morgan fingerprint density at radius 3 is 2.76 bits per heavy atom. The zero-order chi connectivity index (χ0) is 12.6. The van der Waals surface area contributed by atoms with Gasteiger partial charge in [0.25, 0.3) is 6.01 Å². The highest BCUT2D eigenvalue weighted by molar-refractivity contribution is 9.10. The summed E-state index contributed by atoms with van der Waals surface area (Å²) in [6, 6.07) is 4.74. The molecule has 0 radical (unpaired) electrons. The molecule has 0 aliphatic heterocycles. The van der Waals surface area contributed by atoms with Crippen LogP contribution in [0.15, 0.2) is 27.1 Å². The fourth-order valence-electron chi connectivity index (χ4n) is 1.61. The molecule has 0 amide bonds. The van der Waals surface area contributed by atoms with Crippen LogP contribution in [0.5, 0.6) is 0 Å². The van der Waals surface area contributed by atoms with E-state index in [0.29, 0.717) is 17.0 Å². The normalized spacial score (nSPS) is 11.1. The molecule has 0 fully saturated rings. The molecule has 0 aliphatic carbocycles. The lowest BCUT2D eigenvalue weighted by Gasteiger charge is -2.05. The summed E-state index contributed by atoms with van der Waals surface area (Å²) in [7, 11) is 0. The Morgan fingerprint density at radius 2 is 2.12 bits per heavy atom. The average Bonchev–Trinajstić information content (AvgIpc) is 2.64. The Hall–Kier alpha value is -1.36. The van der Waals surface area contributed by atoms with E-state index in [1.165, 1.54) is 6.07 Å². The zero-order valence-corrected chi connectivity index (χ0v) is 11.1. The molecule has 3 nitrogen and oxygen atoms in total. The van der Waals surface area contributed by atoms with E-state index in [1.807, 2.05) is 13.8 Å². The van der Waals surface area contributed by atoms with Crippen molar-refractivity contribution >= 4 is 21.9 Å². The van der Waals surface area contributed by atoms with E-state index in [2.05, 4.69) is 20.9 Å². The van der Waals surface area contributed by atoms with Gasteiger partial charge in [-0.05, 0) is 18.2 Å². The predicted octanol–water partition coefficient (Wildman–Crippen LogP) is 3.95. The SMILES string of the molecule is CC(C)c1oc(N)nc1-c1cc(Br)ccc1F. The molecule has 17 heavy (non-hydrogen) atoms. The summed E-state index contributed by atoms with van der Waals surface area (Å²) in [5, 5.41) is 0. The number of aromatic nitrogens is 1. The molecule has 2 rings (SSSR count). The lowest BCUT2D eigenvalue weighted by Crippen LogP contribution is -1.92. The number of nitrogens with zero attached hydrogens (tertiary/aromatic N) is 1. The van der Waals surface area contributed by atoms with Gasteiger partial charge in [0.2, 0.25) is 0 Å². The second-order valence-electron chi connectivity index (χ2n) is 4.04. The molecule has 5 heteroatoms. The first-order valence-electron chi connectivity index (χ1n) is 5.20. The molecule has 0 saturated heterocycles. The van der Waals surface area contributed by atoms with Crippen molar-refractivity contribution in [3.05, 3.63) is 34.2 Å². The molecule has 2 aromatic rings. The number of halogens is 2. The number of oxazole rings is 1. The number of rotatable bonds is 2. The van der Waals surface area contributed by atoms with Crippen molar-refractivity contribution in [1.82, 2.24) is 4.98 Å². The van der Waals surface area contributed by atoms with Gasteiger partial charge in [0.15, 0.2) is 0 Å². The van der Waals surface area contributed by atoms with Gasteiger partial charge in [-0.3, -0.25) is 0 Å². The van der Waals surface area contributed by atoms with Crippen LogP contribution in [0.25, 0.3) is 11.3 Å². The lowest BCUT2D eigenvalue weighted by atomic mass is 10.0. The molecule has 0 atom stereocenters. The maximum Gasteiger partial charge on any atom is 0.292 e. The van der Waals surface area contributed by atoms with Crippen LogP contribution in [0.1, 0.15) is 25.5 Å². The van der Waals surface area contributed by atoms with Gasteiger partial charge in [-0.25, -0.2) is 4.39 Å². The van der Waals surface area contributed by atoms with Crippen LogP contribution in [-0.2, 0) is 0 Å². The minimum atomic E-state index is -0.344. The molecular formula is C12H12BrFN2O. The molecular weight excluding hydrogens is 287 g/mol. The summed E-state index contributed by atoms with van der Waals surface area (Å²) in [6.07, 6.45) is 0. The highest BCUT2D eigenvalue weighted by Crippen LogP contribution is 2.33. The van der Waals surface area contributed by atoms with Gasteiger partial charge in [-0.1, -0.05) is 29.8 Å². The number of nitrogens with two attached hydrogens (primary N) is 1. The minimum absolute atomic E-state index is 0.0584. The molecule has 0 aliphatic rings. The maximum atomic E-state index is 13.8. The second kappa shape index (κ2) is 4.49. The first-order valence-corrected chi connectivity index (χ1v) is 6.00. The number of hydrogen-bond donors (Lipinski definition) is 1. The van der Waals surface area contributed by atoms with Crippen molar-refractivity contribution in [3.8, 4) is 11.3 Å². The summed E-state index contributed by atoms with van der Waals surface area (Å²) in [5.41, 5.74) is 6.39. The van der Waals surface area contributed by atoms with Crippen molar-refractivity contribution in [1.29, 1.82) is 0 Å².